The Labute approximate surface area is 555 Å². The largest absolute Gasteiger partial charge is 0.508 e. The highest BCUT2D eigenvalue weighted by Gasteiger charge is 2.25. The Kier molecular flexibility index (Phi) is 39.5. The smallest absolute Gasteiger partial charge is 0.407 e. The SMILES string of the molecule is O=COCN1CCN(COC=O)CCN(C(=O)O)CCN(CC(=O)NCCCC(=O)CCc2ccc(O)c(CN(CCN(CC(=O)O)Cc3cc(CCC(=O)NCCCCCC(=O)NCCCC[C@H](NC(=O)N[C@@H](CCC(=O)O)C(=O)O)OC=O)ccc3O)CC(=O)O)c2)CC1. The highest BCUT2D eigenvalue weighted by molar-refractivity contribution is 5.83. The molecule has 1 heterocycles. The van der Waals surface area contributed by atoms with Gasteiger partial charge in [0.2, 0.25) is 17.7 Å². The molecule has 0 spiro atoms. The van der Waals surface area contributed by atoms with Crippen molar-refractivity contribution in [1.82, 2.24) is 56.0 Å². The number of hydrogen-bond acceptors (Lipinski definition) is 23. The van der Waals surface area contributed by atoms with Crippen LogP contribution in [0.3, 0.4) is 0 Å². The number of carboxylic acid groups (broad SMARTS) is 5. The summed E-state index contributed by atoms with van der Waals surface area (Å²) >= 11 is 0. The number of rotatable bonds is 48. The number of carboxylic acids is 4. The normalized spacial score (nSPS) is 14.0. The lowest BCUT2D eigenvalue weighted by Crippen LogP contribution is -2.49. The van der Waals surface area contributed by atoms with Crippen molar-refractivity contribution in [2.75, 3.05) is 118 Å². The molecule has 0 saturated carbocycles. The molecule has 0 aromatic heterocycles. The van der Waals surface area contributed by atoms with E-state index in [1.54, 1.807) is 34.1 Å². The molecule has 2 aromatic carbocycles. The van der Waals surface area contributed by atoms with Gasteiger partial charge in [0.1, 0.15) is 36.8 Å². The van der Waals surface area contributed by atoms with Crippen LogP contribution in [0.1, 0.15) is 106 Å². The number of ketones is 1. The summed E-state index contributed by atoms with van der Waals surface area (Å²) in [6.45, 7) is 2.54. The van der Waals surface area contributed by atoms with Crippen LogP contribution in [-0.2, 0) is 92.9 Å². The first-order valence-electron chi connectivity index (χ1n) is 31.6. The van der Waals surface area contributed by atoms with E-state index >= 15 is 0 Å². The molecule has 1 saturated heterocycles. The fraction of sp³-hybridized carbons (Fsp3) is 0.597. The molecular weight excluding hydrogens is 1270 g/mol. The van der Waals surface area contributed by atoms with Gasteiger partial charge in [-0.25, -0.2) is 14.4 Å². The summed E-state index contributed by atoms with van der Waals surface area (Å²) in [5.41, 5.74) is 2.11. The van der Waals surface area contributed by atoms with E-state index < -0.39 is 67.8 Å². The zero-order valence-corrected chi connectivity index (χ0v) is 53.9. The van der Waals surface area contributed by atoms with Gasteiger partial charge >= 0.3 is 36.0 Å². The second-order valence-corrected chi connectivity index (χ2v) is 22.9. The zero-order valence-electron chi connectivity index (χ0n) is 53.9. The number of benzene rings is 2. The summed E-state index contributed by atoms with van der Waals surface area (Å²) in [5, 5.41) is 82.1. The van der Waals surface area contributed by atoms with E-state index in [1.165, 1.54) is 26.8 Å². The van der Waals surface area contributed by atoms with E-state index in [0.717, 1.165) is 0 Å². The minimum atomic E-state index is -1.48. The Morgan fingerprint density at radius 3 is 1.53 bits per heavy atom. The van der Waals surface area contributed by atoms with E-state index in [2.05, 4.69) is 26.6 Å². The van der Waals surface area contributed by atoms with Gasteiger partial charge in [0, 0.05) is 148 Å². The highest BCUT2D eigenvalue weighted by atomic mass is 16.5. The minimum absolute atomic E-state index is 0.0272. The van der Waals surface area contributed by atoms with Crippen LogP contribution >= 0.6 is 0 Å². The van der Waals surface area contributed by atoms with Gasteiger partial charge in [0.15, 0.2) is 6.23 Å². The number of nitrogens with one attached hydrogen (secondary N) is 5. The molecule has 6 amide bonds. The van der Waals surface area contributed by atoms with Crippen molar-refractivity contribution in [1.29, 1.82) is 0 Å². The summed E-state index contributed by atoms with van der Waals surface area (Å²) in [5.74, 6) is -6.15. The average molecular weight is 1360 g/mol. The maximum atomic E-state index is 13.1. The average Bonchev–Trinajstić information content (AvgIpc) is 1.12. The highest BCUT2D eigenvalue weighted by Crippen LogP contribution is 2.24. The number of aromatic hydroxyl groups is 2. The maximum absolute atomic E-state index is 13.1. The van der Waals surface area contributed by atoms with Crippen molar-refractivity contribution in [2.45, 2.75) is 122 Å². The summed E-state index contributed by atoms with van der Waals surface area (Å²) in [6, 6.07) is 7.05. The van der Waals surface area contributed by atoms with Crippen molar-refractivity contribution in [3.8, 4) is 11.5 Å². The van der Waals surface area contributed by atoms with Crippen LogP contribution in [0.4, 0.5) is 9.59 Å². The molecule has 0 aliphatic carbocycles. The molecule has 1 aliphatic heterocycles. The van der Waals surface area contributed by atoms with Crippen molar-refractivity contribution in [2.24, 2.45) is 0 Å². The fourth-order valence-electron chi connectivity index (χ4n) is 10.1. The van der Waals surface area contributed by atoms with E-state index in [1.807, 2.05) is 4.90 Å². The lowest BCUT2D eigenvalue weighted by molar-refractivity contribution is -0.141. The molecule has 34 nitrogen and oxygen atoms in total. The number of urea groups is 1. The molecule has 2 atom stereocenters. The summed E-state index contributed by atoms with van der Waals surface area (Å²) in [7, 11) is 0. The number of Topliss-reactive ketones (excluding diaryl/α,β-unsaturated/α-hetero) is 1. The first kappa shape index (κ1) is 81.0. The lowest BCUT2D eigenvalue weighted by atomic mass is 10.0. The number of aliphatic carboxylic acids is 4. The van der Waals surface area contributed by atoms with Crippen molar-refractivity contribution >= 4 is 78.9 Å². The Hall–Kier alpha value is -9.25. The molecule has 12 N–H and O–H groups in total. The Morgan fingerprint density at radius 1 is 0.510 bits per heavy atom. The van der Waals surface area contributed by atoms with Gasteiger partial charge in [-0.2, -0.15) is 0 Å². The summed E-state index contributed by atoms with van der Waals surface area (Å²) in [4.78, 5) is 164. The Bertz CT molecular complexity index is 2830. The Morgan fingerprint density at radius 2 is 1.01 bits per heavy atom. The first-order valence-corrected chi connectivity index (χ1v) is 31.6. The number of amides is 6. The third-order valence-electron chi connectivity index (χ3n) is 15.3. The predicted molar refractivity (Wildman–Crippen MR) is 338 cm³/mol. The van der Waals surface area contributed by atoms with E-state index in [0.29, 0.717) is 113 Å². The standard InChI is InChI=1S/C62H93N11O23/c74-42-94-40-69-24-23-68(29-31-73(62(92)93)32-30-70(26-25-69)41-95-43-75)37-55(82)65-22-6-7-49(77)14-10-45-11-16-51(78)47(33-45)35-71(38-58(85)86)27-28-72(39-59(87)88)36-48-34-46(12-17-52(48)79)13-18-54(81)64-20-4-1-2-8-53(80)63-21-5-3-9-56(96-44-76)67-61(91)66-50(60(89)90)15-19-57(83)84/h11-12,16-17,33-34,42-44,50,56,78-79H,1-10,13-15,18-32,35-41H2,(H,63,80)(H,64,81)(H,65,82)(H,83,84)(H,85,86)(H,87,88)(H,89,90)(H,92,93)(H2,66,67,91)/t50-,56+/m0/s1. The predicted octanol–water partition coefficient (Wildman–Crippen LogP) is 0.142. The Balaban J connectivity index is 1.42. The van der Waals surface area contributed by atoms with Gasteiger partial charge in [-0.15, -0.1) is 0 Å². The maximum Gasteiger partial charge on any atom is 0.407 e. The van der Waals surface area contributed by atoms with Gasteiger partial charge in [0.25, 0.3) is 19.4 Å². The fourth-order valence-corrected chi connectivity index (χ4v) is 10.1. The van der Waals surface area contributed by atoms with Crippen LogP contribution < -0.4 is 26.6 Å². The van der Waals surface area contributed by atoms with E-state index in [-0.39, 0.29) is 172 Å². The number of hydrogen-bond donors (Lipinski definition) is 12. The van der Waals surface area contributed by atoms with E-state index in [4.69, 9.17) is 19.3 Å². The van der Waals surface area contributed by atoms with Crippen LogP contribution in [0.2, 0.25) is 0 Å². The number of phenols is 2. The second kappa shape index (κ2) is 46.8. The number of unbranched alkanes of at least 4 members (excludes halogenated alkanes) is 3. The van der Waals surface area contributed by atoms with Crippen LogP contribution in [0, 0.1) is 0 Å². The molecule has 534 valence electrons. The number of ether oxygens (including phenoxy) is 3. The molecule has 0 unspecified atom stereocenters. The van der Waals surface area contributed by atoms with Crippen LogP contribution in [0.25, 0.3) is 0 Å². The molecule has 0 radical (unpaired) electrons. The van der Waals surface area contributed by atoms with Gasteiger partial charge < -0.3 is 81.4 Å². The molecular formula is C62H93N11O23. The van der Waals surface area contributed by atoms with Crippen molar-refractivity contribution in [3.05, 3.63) is 58.7 Å². The third kappa shape index (κ3) is 36.4. The van der Waals surface area contributed by atoms with Crippen molar-refractivity contribution in [3.63, 3.8) is 0 Å². The van der Waals surface area contributed by atoms with Gasteiger partial charge in [-0.1, -0.05) is 30.7 Å². The zero-order chi connectivity index (χ0) is 70.6. The molecule has 0 bridgehead atoms. The third-order valence-corrected chi connectivity index (χ3v) is 15.3. The number of aryl methyl sites for hydroxylation is 2. The van der Waals surface area contributed by atoms with Crippen LogP contribution in [-0.4, -0.2) is 275 Å². The molecule has 96 heavy (non-hydrogen) atoms. The van der Waals surface area contributed by atoms with Crippen molar-refractivity contribution < 1.29 is 112 Å². The number of phenolic OH excluding ortho intramolecular Hbond substituents is 2. The molecule has 2 aromatic rings. The molecule has 34 heteroatoms. The van der Waals surface area contributed by atoms with Crippen LogP contribution in [0.5, 0.6) is 11.5 Å². The van der Waals surface area contributed by atoms with Gasteiger partial charge in [0.05, 0.1) is 19.6 Å². The molecule has 1 fully saturated rings. The minimum Gasteiger partial charge on any atom is -0.508 e. The quantitative estimate of drug-likeness (QED) is 0.0181. The molecule has 3 rings (SSSR count). The van der Waals surface area contributed by atoms with E-state index in [9.17, 15) is 93.0 Å². The lowest BCUT2D eigenvalue weighted by Gasteiger charge is -2.32. The summed E-state index contributed by atoms with van der Waals surface area (Å²) < 4.78 is 14.7. The monoisotopic (exact) mass is 1360 g/mol. The first-order chi connectivity index (χ1) is 46.0. The van der Waals surface area contributed by atoms with Gasteiger partial charge in [-0.05, 0) is 74.6 Å². The second-order valence-electron chi connectivity index (χ2n) is 22.9. The van der Waals surface area contributed by atoms with Gasteiger partial charge in [-0.3, -0.25) is 72.4 Å². The van der Waals surface area contributed by atoms with Crippen LogP contribution in [0.15, 0.2) is 36.4 Å². The topological polar surface area (TPSA) is 471 Å². The molecule has 1 aliphatic rings. The number of carbonyl (C=O) groups excluding carboxylic acids is 8. The number of nitrogens with zero attached hydrogens (tertiary/aromatic N) is 6. The summed E-state index contributed by atoms with van der Waals surface area (Å²) in [6.07, 6.45) is 1.22. The number of carbonyl (C=O) groups is 13.